The summed E-state index contributed by atoms with van der Waals surface area (Å²) in [5, 5.41) is 7.69. The van der Waals surface area contributed by atoms with Crippen LogP contribution in [0.4, 0.5) is 13.2 Å². The van der Waals surface area contributed by atoms with E-state index in [0.29, 0.717) is 37.0 Å². The number of ether oxygens (including phenoxy) is 1. The van der Waals surface area contributed by atoms with E-state index in [1.807, 2.05) is 31.2 Å². The van der Waals surface area contributed by atoms with Crippen molar-refractivity contribution in [3.63, 3.8) is 0 Å². The lowest BCUT2D eigenvalue weighted by Gasteiger charge is -2.11. The lowest BCUT2D eigenvalue weighted by atomic mass is 10.2. The van der Waals surface area contributed by atoms with Crippen molar-refractivity contribution in [3.05, 3.63) is 45.9 Å². The topological polar surface area (TPSA) is 58.5 Å². The number of guanidine groups is 1. The number of rotatable bonds is 7. The highest BCUT2D eigenvalue weighted by atomic mass is 127. The first-order chi connectivity index (χ1) is 12.4. The predicted molar refractivity (Wildman–Crippen MR) is 112 cm³/mol. The molecule has 1 heterocycles. The Morgan fingerprint density at radius 1 is 1.30 bits per heavy atom. The molecule has 0 aliphatic rings. The molecule has 150 valence electrons. The van der Waals surface area contributed by atoms with Crippen LogP contribution in [0.1, 0.15) is 23.2 Å². The van der Waals surface area contributed by atoms with E-state index in [2.05, 4.69) is 20.6 Å². The molecule has 0 saturated carbocycles. The fourth-order valence-corrected chi connectivity index (χ4v) is 2.93. The van der Waals surface area contributed by atoms with Crippen molar-refractivity contribution in [1.82, 2.24) is 15.6 Å². The third-order valence-corrected chi connectivity index (χ3v) is 4.28. The van der Waals surface area contributed by atoms with Gasteiger partial charge in [0.25, 0.3) is 0 Å². The van der Waals surface area contributed by atoms with Crippen molar-refractivity contribution >= 4 is 41.3 Å². The summed E-state index contributed by atoms with van der Waals surface area (Å²) >= 11 is 1.01. The predicted octanol–water partition coefficient (Wildman–Crippen LogP) is 4.09. The molecular formula is C17H22F3IN4OS. The van der Waals surface area contributed by atoms with E-state index in [0.717, 1.165) is 28.0 Å². The molecule has 1 aromatic carbocycles. The van der Waals surface area contributed by atoms with Crippen molar-refractivity contribution in [3.8, 4) is 5.75 Å². The number of hydrogen-bond acceptors (Lipinski definition) is 4. The van der Waals surface area contributed by atoms with E-state index in [-0.39, 0.29) is 24.0 Å². The summed E-state index contributed by atoms with van der Waals surface area (Å²) in [6.07, 6.45) is -4.00. The third kappa shape index (κ3) is 7.91. The van der Waals surface area contributed by atoms with Gasteiger partial charge in [-0.15, -0.1) is 35.3 Å². The minimum Gasteiger partial charge on any atom is -0.497 e. The highest BCUT2D eigenvalue weighted by molar-refractivity contribution is 14.0. The summed E-state index contributed by atoms with van der Waals surface area (Å²) in [4.78, 5) is 8.09. The van der Waals surface area contributed by atoms with Crippen molar-refractivity contribution in [2.45, 2.75) is 26.1 Å². The molecule has 2 rings (SSSR count). The van der Waals surface area contributed by atoms with Gasteiger partial charge in [-0.3, -0.25) is 0 Å². The van der Waals surface area contributed by atoms with Gasteiger partial charge in [0.2, 0.25) is 0 Å². The first kappa shape index (κ1) is 23.5. The zero-order chi connectivity index (χ0) is 19.0. The van der Waals surface area contributed by atoms with Crippen molar-refractivity contribution in [1.29, 1.82) is 0 Å². The maximum Gasteiger partial charge on any atom is 0.434 e. The molecule has 0 spiro atoms. The van der Waals surface area contributed by atoms with Crippen LogP contribution in [0.15, 0.2) is 34.6 Å². The highest BCUT2D eigenvalue weighted by Gasteiger charge is 2.33. The van der Waals surface area contributed by atoms with E-state index < -0.39 is 11.9 Å². The molecule has 0 bridgehead atoms. The molecule has 0 fully saturated rings. The number of aliphatic imine (C=N–C) groups is 1. The molecule has 27 heavy (non-hydrogen) atoms. The van der Waals surface area contributed by atoms with Gasteiger partial charge in [0, 0.05) is 24.9 Å². The van der Waals surface area contributed by atoms with Gasteiger partial charge in [-0.1, -0.05) is 12.1 Å². The molecule has 0 unspecified atom stereocenters. The summed E-state index contributed by atoms with van der Waals surface area (Å²) in [6, 6.07) is 7.61. The fourth-order valence-electron chi connectivity index (χ4n) is 2.13. The summed E-state index contributed by atoms with van der Waals surface area (Å²) in [6.45, 7) is 3.52. The molecule has 1 aromatic heterocycles. The largest absolute Gasteiger partial charge is 0.497 e. The van der Waals surface area contributed by atoms with E-state index in [4.69, 9.17) is 4.74 Å². The second kappa shape index (κ2) is 11.3. The Labute approximate surface area is 177 Å². The maximum absolute atomic E-state index is 12.6. The molecule has 0 aliphatic carbocycles. The normalized spacial score (nSPS) is 11.7. The number of alkyl halides is 3. The molecular weight excluding hydrogens is 492 g/mol. The Morgan fingerprint density at radius 2 is 2.07 bits per heavy atom. The van der Waals surface area contributed by atoms with Gasteiger partial charge in [-0.25, -0.2) is 9.98 Å². The first-order valence-electron chi connectivity index (χ1n) is 8.09. The van der Waals surface area contributed by atoms with Crippen LogP contribution in [-0.2, 0) is 19.1 Å². The van der Waals surface area contributed by atoms with Crippen LogP contribution in [0.5, 0.6) is 5.75 Å². The number of aromatic nitrogens is 1. The van der Waals surface area contributed by atoms with Crippen molar-refractivity contribution in [2.24, 2.45) is 4.99 Å². The number of hydrogen-bond donors (Lipinski definition) is 2. The lowest BCUT2D eigenvalue weighted by molar-refractivity contribution is -0.140. The molecule has 0 aliphatic heterocycles. The van der Waals surface area contributed by atoms with Gasteiger partial charge in [-0.2, -0.15) is 13.2 Å². The van der Waals surface area contributed by atoms with Crippen LogP contribution in [0, 0.1) is 0 Å². The number of nitrogens with zero attached hydrogens (tertiary/aromatic N) is 2. The monoisotopic (exact) mass is 514 g/mol. The number of halogens is 4. The SMILES string of the molecule is CCNC(=NCc1cccc(OC)c1)NCCc1nc(C(F)(F)F)cs1.I. The van der Waals surface area contributed by atoms with E-state index in [9.17, 15) is 13.2 Å². The maximum atomic E-state index is 12.6. The Hall–Kier alpha value is -1.56. The quantitative estimate of drug-likeness (QED) is 0.332. The number of thiazole rings is 1. The van der Waals surface area contributed by atoms with Crippen LogP contribution >= 0.6 is 35.3 Å². The Balaban J connectivity index is 0.00000364. The minimum absolute atomic E-state index is 0. The number of benzene rings is 1. The van der Waals surface area contributed by atoms with Crippen LogP contribution in [0.25, 0.3) is 0 Å². The van der Waals surface area contributed by atoms with Gasteiger partial charge in [-0.05, 0) is 24.6 Å². The van der Waals surface area contributed by atoms with E-state index in [1.54, 1.807) is 7.11 Å². The van der Waals surface area contributed by atoms with Gasteiger partial charge < -0.3 is 15.4 Å². The van der Waals surface area contributed by atoms with Gasteiger partial charge in [0.1, 0.15) is 5.75 Å². The van der Waals surface area contributed by atoms with Crippen LogP contribution in [0.3, 0.4) is 0 Å². The van der Waals surface area contributed by atoms with E-state index >= 15 is 0 Å². The smallest absolute Gasteiger partial charge is 0.434 e. The standard InChI is InChI=1S/C17H21F3N4OS.HI/c1-3-21-16(23-10-12-5-4-6-13(9-12)25-2)22-8-7-15-24-14(11-26-15)17(18,19)20;/h4-6,9,11H,3,7-8,10H2,1-2H3,(H2,21,22,23);1H. The third-order valence-electron chi connectivity index (χ3n) is 3.37. The number of nitrogens with one attached hydrogen (secondary N) is 2. The summed E-state index contributed by atoms with van der Waals surface area (Å²) < 4.78 is 42.9. The minimum atomic E-state index is -4.39. The van der Waals surface area contributed by atoms with Crippen LogP contribution < -0.4 is 15.4 Å². The summed E-state index contributed by atoms with van der Waals surface area (Å²) in [5.74, 6) is 1.36. The van der Waals surface area contributed by atoms with Gasteiger partial charge >= 0.3 is 6.18 Å². The molecule has 0 amide bonds. The van der Waals surface area contributed by atoms with Crippen molar-refractivity contribution in [2.75, 3.05) is 20.2 Å². The Bertz CT molecular complexity index is 737. The molecule has 0 radical (unpaired) electrons. The van der Waals surface area contributed by atoms with Crippen LogP contribution in [-0.4, -0.2) is 31.1 Å². The second-order valence-electron chi connectivity index (χ2n) is 5.35. The van der Waals surface area contributed by atoms with Gasteiger partial charge in [0.15, 0.2) is 11.7 Å². The summed E-state index contributed by atoms with van der Waals surface area (Å²) in [7, 11) is 1.61. The zero-order valence-corrected chi connectivity index (χ0v) is 18.1. The van der Waals surface area contributed by atoms with E-state index in [1.165, 1.54) is 0 Å². The molecule has 0 saturated heterocycles. The molecule has 5 nitrogen and oxygen atoms in total. The Kier molecular flexibility index (Phi) is 9.84. The summed E-state index contributed by atoms with van der Waals surface area (Å²) in [5.41, 5.74) is 0.160. The fraction of sp³-hybridized carbons (Fsp3) is 0.412. The molecule has 2 N–H and O–H groups in total. The number of methoxy groups -OCH3 is 1. The average molecular weight is 514 g/mol. The zero-order valence-electron chi connectivity index (χ0n) is 15.0. The van der Waals surface area contributed by atoms with Crippen LogP contribution in [0.2, 0.25) is 0 Å². The second-order valence-corrected chi connectivity index (χ2v) is 6.29. The van der Waals surface area contributed by atoms with Gasteiger partial charge in [0.05, 0.1) is 18.7 Å². The molecule has 10 heteroatoms. The molecule has 0 atom stereocenters. The molecule has 2 aromatic rings. The van der Waals surface area contributed by atoms with Crippen molar-refractivity contribution < 1.29 is 17.9 Å². The first-order valence-corrected chi connectivity index (χ1v) is 8.97. The highest BCUT2D eigenvalue weighted by Crippen LogP contribution is 2.29. The Morgan fingerprint density at radius 3 is 2.70 bits per heavy atom. The lowest BCUT2D eigenvalue weighted by Crippen LogP contribution is -2.38. The average Bonchev–Trinajstić information content (AvgIpc) is 3.09.